The number of nitrogens with one attached hydrogen (secondary N) is 1. The van der Waals surface area contributed by atoms with E-state index in [1.54, 1.807) is 6.92 Å². The fourth-order valence-electron chi connectivity index (χ4n) is 1.46. The van der Waals surface area contributed by atoms with Gasteiger partial charge in [-0.05, 0) is 12.5 Å². The minimum atomic E-state index is -0.731. The number of benzene rings is 1. The number of amides is 1. The van der Waals surface area contributed by atoms with Crippen molar-refractivity contribution < 1.29 is 14.0 Å². The molecule has 0 radical (unpaired) electrons. The first-order valence-corrected chi connectivity index (χ1v) is 5.39. The SMILES string of the molecule is CC(OC(=O)Nc1ccnn1F)c1ccccc1. The molecule has 0 bridgehead atoms. The first-order chi connectivity index (χ1) is 8.66. The third-order valence-corrected chi connectivity index (χ3v) is 2.38. The molecule has 0 fully saturated rings. The molecule has 0 aliphatic heterocycles. The van der Waals surface area contributed by atoms with Crippen molar-refractivity contribution >= 4 is 11.9 Å². The lowest BCUT2D eigenvalue weighted by Gasteiger charge is -2.13. The molecule has 0 aliphatic rings. The third kappa shape index (κ3) is 2.85. The molecule has 1 heterocycles. The molecule has 18 heavy (non-hydrogen) atoms. The Morgan fingerprint density at radius 2 is 2.11 bits per heavy atom. The van der Waals surface area contributed by atoms with Crippen LogP contribution < -0.4 is 5.32 Å². The molecular formula is C12H12FN3O2. The summed E-state index contributed by atoms with van der Waals surface area (Å²) in [6.45, 7) is 1.74. The van der Waals surface area contributed by atoms with Gasteiger partial charge in [0, 0.05) is 6.07 Å². The summed E-state index contributed by atoms with van der Waals surface area (Å²) in [7, 11) is 0. The van der Waals surface area contributed by atoms with Gasteiger partial charge in [0.2, 0.25) is 0 Å². The highest BCUT2D eigenvalue weighted by molar-refractivity contribution is 5.83. The van der Waals surface area contributed by atoms with Crippen LogP contribution in [0.4, 0.5) is 15.1 Å². The molecule has 1 unspecified atom stereocenters. The molecule has 1 aromatic carbocycles. The zero-order chi connectivity index (χ0) is 13.0. The van der Waals surface area contributed by atoms with Crippen molar-refractivity contribution in [2.24, 2.45) is 0 Å². The number of hydrogen-bond donors (Lipinski definition) is 1. The van der Waals surface area contributed by atoms with E-state index in [0.29, 0.717) is 0 Å². The van der Waals surface area contributed by atoms with E-state index in [2.05, 4.69) is 10.4 Å². The van der Waals surface area contributed by atoms with Gasteiger partial charge in [-0.15, -0.1) is 5.10 Å². The highest BCUT2D eigenvalue weighted by Gasteiger charge is 2.13. The molecular weight excluding hydrogens is 237 g/mol. The Kier molecular flexibility index (Phi) is 3.57. The van der Waals surface area contributed by atoms with Gasteiger partial charge in [0.15, 0.2) is 5.82 Å². The van der Waals surface area contributed by atoms with E-state index in [-0.39, 0.29) is 10.7 Å². The Balaban J connectivity index is 1.94. The number of nitrogens with zero attached hydrogens (tertiary/aromatic N) is 2. The number of ether oxygens (including phenoxy) is 1. The van der Waals surface area contributed by atoms with Crippen LogP contribution in [0.5, 0.6) is 0 Å². The summed E-state index contributed by atoms with van der Waals surface area (Å²) in [6, 6.07) is 10.6. The van der Waals surface area contributed by atoms with Gasteiger partial charge in [-0.1, -0.05) is 39.7 Å². The van der Waals surface area contributed by atoms with Gasteiger partial charge in [0.25, 0.3) is 0 Å². The van der Waals surface area contributed by atoms with Gasteiger partial charge in [-0.3, -0.25) is 5.32 Å². The van der Waals surface area contributed by atoms with E-state index in [0.717, 1.165) is 5.56 Å². The van der Waals surface area contributed by atoms with Crippen LogP contribution in [-0.2, 0) is 4.74 Å². The Morgan fingerprint density at radius 1 is 1.39 bits per heavy atom. The van der Waals surface area contributed by atoms with E-state index >= 15 is 0 Å². The fourth-order valence-corrected chi connectivity index (χ4v) is 1.46. The van der Waals surface area contributed by atoms with Crippen LogP contribution in [0.15, 0.2) is 42.6 Å². The number of carbonyl (C=O) groups excluding carboxylic acids is 1. The van der Waals surface area contributed by atoms with E-state index in [1.807, 2.05) is 30.3 Å². The summed E-state index contributed by atoms with van der Waals surface area (Å²) in [5.41, 5.74) is 0.862. The molecule has 1 aromatic heterocycles. The van der Waals surface area contributed by atoms with Crippen molar-refractivity contribution in [2.75, 3.05) is 5.32 Å². The maximum atomic E-state index is 12.9. The zero-order valence-electron chi connectivity index (χ0n) is 9.71. The molecule has 0 saturated heterocycles. The number of carbonyl (C=O) groups is 1. The fraction of sp³-hybridized carbons (Fsp3) is 0.167. The minimum absolute atomic E-state index is 0.0639. The smallest absolute Gasteiger partial charge is 0.413 e. The van der Waals surface area contributed by atoms with Gasteiger partial charge < -0.3 is 4.74 Å². The van der Waals surface area contributed by atoms with Crippen LogP contribution in [-0.4, -0.2) is 16.1 Å². The third-order valence-electron chi connectivity index (χ3n) is 2.38. The number of aromatic nitrogens is 2. The molecule has 0 aliphatic carbocycles. The van der Waals surface area contributed by atoms with Gasteiger partial charge in [-0.2, -0.15) is 0 Å². The van der Waals surface area contributed by atoms with Gasteiger partial charge in [0.05, 0.1) is 6.20 Å². The van der Waals surface area contributed by atoms with Crippen LogP contribution in [0.2, 0.25) is 0 Å². The Morgan fingerprint density at radius 3 is 2.72 bits per heavy atom. The predicted molar refractivity (Wildman–Crippen MR) is 63.7 cm³/mol. The lowest BCUT2D eigenvalue weighted by atomic mass is 10.1. The van der Waals surface area contributed by atoms with Gasteiger partial charge >= 0.3 is 6.09 Å². The normalized spacial score (nSPS) is 11.9. The van der Waals surface area contributed by atoms with E-state index in [4.69, 9.17) is 4.74 Å². The van der Waals surface area contributed by atoms with Crippen LogP contribution in [0.3, 0.4) is 0 Å². The highest BCUT2D eigenvalue weighted by atomic mass is 19.2. The minimum Gasteiger partial charge on any atom is -0.441 e. The first-order valence-electron chi connectivity index (χ1n) is 5.39. The summed E-state index contributed by atoms with van der Waals surface area (Å²) in [4.78, 5) is 11.6. The Hall–Kier alpha value is -2.37. The molecule has 0 spiro atoms. The molecule has 2 aromatic rings. The summed E-state index contributed by atoms with van der Waals surface area (Å²) >= 11 is 0. The van der Waals surface area contributed by atoms with E-state index < -0.39 is 12.2 Å². The monoisotopic (exact) mass is 249 g/mol. The van der Waals surface area contributed by atoms with Crippen molar-refractivity contribution in [3.05, 3.63) is 48.2 Å². The molecule has 1 amide bonds. The average molecular weight is 249 g/mol. The van der Waals surface area contributed by atoms with Crippen LogP contribution in [0.1, 0.15) is 18.6 Å². The summed E-state index contributed by atoms with van der Waals surface area (Å²) < 4.78 is 18.0. The van der Waals surface area contributed by atoms with Crippen LogP contribution in [0.25, 0.3) is 0 Å². The molecule has 1 N–H and O–H groups in total. The number of hydrogen-bond acceptors (Lipinski definition) is 3. The standard InChI is InChI=1S/C12H12FN3O2/c1-9(10-5-3-2-4-6-10)18-12(17)15-11-7-8-14-16(11)13/h2-9H,1H3,(H,15,17). The second-order valence-corrected chi connectivity index (χ2v) is 3.66. The van der Waals surface area contributed by atoms with Crippen molar-refractivity contribution in [1.29, 1.82) is 0 Å². The van der Waals surface area contributed by atoms with Crippen molar-refractivity contribution in [2.45, 2.75) is 13.0 Å². The lowest BCUT2D eigenvalue weighted by molar-refractivity contribution is 0.120. The summed E-state index contributed by atoms with van der Waals surface area (Å²) in [5.74, 6) is -0.0692. The van der Waals surface area contributed by atoms with Crippen molar-refractivity contribution in [3.8, 4) is 0 Å². The maximum Gasteiger partial charge on any atom is 0.413 e. The van der Waals surface area contributed by atoms with Crippen LogP contribution in [0, 0.1) is 0 Å². The molecule has 6 heteroatoms. The van der Waals surface area contributed by atoms with E-state index in [1.165, 1.54) is 12.3 Å². The van der Waals surface area contributed by atoms with Crippen molar-refractivity contribution in [1.82, 2.24) is 10.0 Å². The van der Waals surface area contributed by atoms with Crippen LogP contribution >= 0.6 is 0 Å². The van der Waals surface area contributed by atoms with Crippen molar-refractivity contribution in [3.63, 3.8) is 0 Å². The van der Waals surface area contributed by atoms with Gasteiger partial charge in [-0.25, -0.2) is 4.79 Å². The average Bonchev–Trinajstić information content (AvgIpc) is 2.76. The second kappa shape index (κ2) is 5.31. The molecule has 2 rings (SSSR count). The Bertz CT molecular complexity index is 527. The van der Waals surface area contributed by atoms with Gasteiger partial charge in [0.1, 0.15) is 6.10 Å². The quantitative estimate of drug-likeness (QED) is 0.909. The zero-order valence-corrected chi connectivity index (χ0v) is 9.71. The number of halogens is 1. The number of rotatable bonds is 3. The molecule has 5 nitrogen and oxygen atoms in total. The summed E-state index contributed by atoms with van der Waals surface area (Å²) in [5, 5.41) is 5.54. The first kappa shape index (κ1) is 12.1. The maximum absolute atomic E-state index is 12.9. The topological polar surface area (TPSA) is 56.1 Å². The lowest BCUT2D eigenvalue weighted by Crippen LogP contribution is -2.17. The van der Waals surface area contributed by atoms with E-state index in [9.17, 15) is 9.28 Å². The largest absolute Gasteiger partial charge is 0.441 e. The molecule has 94 valence electrons. The molecule has 1 atom stereocenters. The number of anilines is 1. The highest BCUT2D eigenvalue weighted by Crippen LogP contribution is 2.17. The summed E-state index contributed by atoms with van der Waals surface area (Å²) in [6.07, 6.45) is 0.0869. The predicted octanol–water partition coefficient (Wildman–Crippen LogP) is 2.93. The second-order valence-electron chi connectivity index (χ2n) is 3.66. The molecule has 0 saturated carbocycles. The Labute approximate surface area is 103 Å².